The standard InChI is InChI=1S/C26H29N3O8.C25H26N2O8.C24H25ClN2O8/c1-28(2)16(31)8-6-11-5-7-15(30)18-13(11)9-12-10-14-20(29(3)4)22(33)19(25(27)36)24(35)26(14,37)23(34)17(12)21(18)32;1-10(28)4-5-11-6-7-15(29)17-13(11)8-12-9-14-19(27(2)3)21(31)18(24(26)34)23(33)25(14,35)22(32)16(12)20(17)30;1-27(2)18-13-7-10-6-12-9(5-11(25)8-28)3-4-14(29)16(12)19(30)15(10)21(32)24(13,35)22(33)17(20(18)31)23(26)34/h5-8,12,14,20,30,32,35,37H,9-10H2,1-4H3,(H2,27,36);6-7,10,12,14,19,28-30,33,35H,8-9H2,1-3H3,(H2,26,34);3-5,10,13,18,28-30,33,35H,6-8H2,1-2H3,(H2,26,34)/b8-6+;;11-5-/t12-,14-,20-,26-;10?,12-,14-,19-,25-;10-,13-,18-,24-/m000/s1. The van der Waals surface area contributed by atoms with E-state index in [1.165, 1.54) is 105 Å². The number of likely N-dealkylation sites (N-methyl/N-ethyl adjacent to an activating group) is 4. The van der Waals surface area contributed by atoms with E-state index in [1.807, 2.05) is 0 Å². The van der Waals surface area contributed by atoms with Gasteiger partial charge in [0.2, 0.25) is 23.3 Å². The van der Waals surface area contributed by atoms with Crippen LogP contribution < -0.4 is 17.2 Å². The van der Waals surface area contributed by atoms with Crippen molar-refractivity contribution in [1.29, 1.82) is 0 Å². The Labute approximate surface area is 615 Å². The molecule has 0 aromatic heterocycles. The van der Waals surface area contributed by atoms with Gasteiger partial charge in [-0.05, 0) is 170 Å². The van der Waals surface area contributed by atoms with Crippen molar-refractivity contribution in [3.63, 3.8) is 0 Å². The molecule has 0 aliphatic heterocycles. The second-order valence-electron chi connectivity index (χ2n) is 28.7. The number of Topliss-reactive ketones (excluding diaryl/α,β-unsaturated/α-hetero) is 6. The molecule has 0 bridgehead atoms. The normalized spacial score (nSPS) is 28.2. The van der Waals surface area contributed by atoms with Gasteiger partial charge in [-0.2, -0.15) is 0 Å². The van der Waals surface area contributed by atoms with Crippen LogP contribution in [-0.2, 0) is 67.2 Å². The number of hydrogen-bond donors (Lipinski definition) is 17. The lowest BCUT2D eigenvalue weighted by Gasteiger charge is -2.50. The number of amides is 4. The number of ketones is 6. The molecule has 3 aromatic carbocycles. The molecule has 566 valence electrons. The molecule has 9 aliphatic carbocycles. The van der Waals surface area contributed by atoms with E-state index in [0.29, 0.717) is 33.4 Å². The number of halogens is 1. The molecule has 0 heterocycles. The van der Waals surface area contributed by atoms with E-state index < -0.39 is 187 Å². The number of phenolic OH excluding ortho intramolecular Hbond substituents is 3. The van der Waals surface area contributed by atoms with Crippen LogP contribution in [0.2, 0.25) is 0 Å². The second-order valence-corrected chi connectivity index (χ2v) is 29.2. The summed E-state index contributed by atoms with van der Waals surface area (Å²) in [5, 5.41) is 151. The molecule has 20 N–H and O–H groups in total. The minimum Gasteiger partial charge on any atom is -0.508 e. The number of benzene rings is 3. The highest BCUT2D eigenvalue weighted by atomic mass is 35.5. The maximum Gasteiger partial charge on any atom is 0.255 e. The quantitative estimate of drug-likeness (QED) is 0.0737. The van der Waals surface area contributed by atoms with Crippen LogP contribution in [0.15, 0.2) is 98.2 Å². The van der Waals surface area contributed by atoms with Crippen LogP contribution in [-0.4, -0.2) is 253 Å². The van der Waals surface area contributed by atoms with Crippen LogP contribution in [0.4, 0.5) is 0 Å². The minimum absolute atomic E-state index is 0.00924. The Kier molecular flexibility index (Phi) is 21.0. The van der Waals surface area contributed by atoms with E-state index in [0.717, 1.165) is 0 Å². The fourth-order valence-electron chi connectivity index (χ4n) is 16.9. The van der Waals surface area contributed by atoms with Crippen LogP contribution in [0, 0.1) is 47.3 Å². The van der Waals surface area contributed by atoms with Crippen LogP contribution in [0.1, 0.15) is 76.3 Å². The molecule has 4 amide bonds. The first-order valence-electron chi connectivity index (χ1n) is 33.5. The third kappa shape index (κ3) is 12.4. The zero-order chi connectivity index (χ0) is 79.5. The van der Waals surface area contributed by atoms with E-state index >= 15 is 0 Å². The zero-order valence-electron chi connectivity index (χ0n) is 59.2. The average Bonchev–Trinajstić information content (AvgIpc) is 0.711. The van der Waals surface area contributed by atoms with Gasteiger partial charge in [0.25, 0.3) is 17.7 Å². The summed E-state index contributed by atoms with van der Waals surface area (Å²) >= 11 is 5.99. The fourth-order valence-corrected chi connectivity index (χ4v) is 17.0. The number of nitrogens with two attached hydrogens (primary N) is 3. The summed E-state index contributed by atoms with van der Waals surface area (Å²) in [6, 6.07) is 5.09. The highest BCUT2D eigenvalue weighted by Crippen LogP contribution is 2.57. The number of aliphatic hydroxyl groups excluding tert-OH is 8. The van der Waals surface area contributed by atoms with Gasteiger partial charge in [0.05, 0.1) is 41.4 Å². The van der Waals surface area contributed by atoms with Gasteiger partial charge in [0, 0.05) is 65.2 Å². The van der Waals surface area contributed by atoms with E-state index in [1.54, 1.807) is 32.3 Å². The van der Waals surface area contributed by atoms with E-state index in [4.69, 9.17) is 28.8 Å². The SMILES string of the molecule is CC(O)C#Cc1ccc(O)c2c1C[C@H]1C[C@H]3[C@H](N(C)C)C(=O)C(C(N)=O)=C(O)[C@@]3(O)C(=O)C1=C2O.CN(C)C(=O)/C=C/c1ccc(O)c2c1C[C@H]1C[C@H]3[C@H](N(C)C)C(=O)C(C(N)=O)=C(O)[C@@]3(O)C(=O)C1=C2O.CN(C)[C@@H]1C(=O)C(C(N)=O)=C(O)[C@@]2(O)C(=O)C3=C(O)c4c(O)ccc(/C=C(\Cl)CO)c4C[C@H]3C[C@@H]12. The molecule has 0 saturated heterocycles. The molecule has 12 rings (SSSR count). The van der Waals surface area contributed by atoms with Gasteiger partial charge >= 0.3 is 0 Å². The number of nitrogens with zero attached hydrogens (tertiary/aromatic N) is 4. The smallest absolute Gasteiger partial charge is 0.255 e. The van der Waals surface area contributed by atoms with E-state index in [2.05, 4.69) is 11.8 Å². The number of phenols is 3. The molecule has 13 atom stereocenters. The minimum atomic E-state index is -2.68. The van der Waals surface area contributed by atoms with Gasteiger partial charge in [-0.1, -0.05) is 35.6 Å². The average molecular weight is 1500 g/mol. The highest BCUT2D eigenvalue weighted by Gasteiger charge is 2.68. The Morgan fingerprint density at radius 1 is 0.523 bits per heavy atom. The molecule has 107 heavy (non-hydrogen) atoms. The van der Waals surface area contributed by atoms with Crippen molar-refractivity contribution in [2.75, 3.05) is 63.0 Å². The third-order valence-electron chi connectivity index (χ3n) is 21.6. The van der Waals surface area contributed by atoms with Gasteiger partial charge in [-0.15, -0.1) is 0 Å². The largest absolute Gasteiger partial charge is 0.508 e. The number of carbonyl (C=O) groups excluding carboxylic acids is 10. The predicted molar refractivity (Wildman–Crippen MR) is 380 cm³/mol. The van der Waals surface area contributed by atoms with E-state index in [-0.39, 0.29) is 100 Å². The summed E-state index contributed by atoms with van der Waals surface area (Å²) < 4.78 is 0. The molecule has 32 heteroatoms. The van der Waals surface area contributed by atoms with Gasteiger partial charge in [0.1, 0.15) is 74.6 Å². The van der Waals surface area contributed by atoms with Gasteiger partial charge in [-0.25, -0.2) is 0 Å². The summed E-state index contributed by atoms with van der Waals surface area (Å²) in [4.78, 5) is 134. The summed E-state index contributed by atoms with van der Waals surface area (Å²) in [6.45, 7) is 1.06. The van der Waals surface area contributed by atoms with Crippen molar-refractivity contribution < 1.29 is 119 Å². The van der Waals surface area contributed by atoms with Crippen molar-refractivity contribution >= 4 is 99.4 Å². The second kappa shape index (κ2) is 28.5. The lowest BCUT2D eigenvalue weighted by Crippen LogP contribution is -2.65. The van der Waals surface area contributed by atoms with Gasteiger partial charge in [0.15, 0.2) is 34.2 Å². The number of hydrogen-bond acceptors (Lipinski definition) is 27. The molecule has 3 saturated carbocycles. The lowest BCUT2D eigenvalue weighted by molar-refractivity contribution is -0.155. The van der Waals surface area contributed by atoms with Crippen LogP contribution in [0.25, 0.3) is 29.4 Å². The van der Waals surface area contributed by atoms with Crippen molar-refractivity contribution in [2.24, 2.45) is 52.7 Å². The number of carbonyl (C=O) groups is 10. The first-order valence-corrected chi connectivity index (χ1v) is 33.8. The topological polar surface area (TPSA) is 545 Å². The van der Waals surface area contributed by atoms with Crippen LogP contribution in [0.5, 0.6) is 17.2 Å². The molecule has 3 aromatic rings. The van der Waals surface area contributed by atoms with Crippen molar-refractivity contribution in [2.45, 2.75) is 86.5 Å². The highest BCUT2D eigenvalue weighted by molar-refractivity contribution is 6.32. The number of aliphatic hydroxyl groups is 11. The van der Waals surface area contributed by atoms with Crippen molar-refractivity contribution in [3.05, 3.63) is 148 Å². The number of rotatable bonds is 10. The zero-order valence-corrected chi connectivity index (χ0v) is 59.9. The number of primary amides is 3. The maximum absolute atomic E-state index is 13.8. The molecule has 31 nitrogen and oxygen atoms in total. The number of aromatic hydroxyl groups is 3. The molecule has 0 radical (unpaired) electrons. The van der Waals surface area contributed by atoms with Crippen molar-refractivity contribution in [1.82, 2.24) is 19.6 Å². The third-order valence-corrected chi connectivity index (χ3v) is 21.8. The first-order chi connectivity index (χ1) is 49.9. The summed E-state index contributed by atoms with van der Waals surface area (Å²) in [7, 11) is 12.4. The molecule has 9 aliphatic rings. The Morgan fingerprint density at radius 3 is 1.16 bits per heavy atom. The van der Waals surface area contributed by atoms with Crippen LogP contribution in [0.3, 0.4) is 0 Å². The summed E-state index contributed by atoms with van der Waals surface area (Å²) in [5.41, 5.74) is 7.34. The Balaban J connectivity index is 0.000000172. The van der Waals surface area contributed by atoms with Gasteiger partial charge in [-0.3, -0.25) is 62.6 Å². The monoisotopic (exact) mass is 1500 g/mol. The molecule has 0 spiro atoms. The molecular formula is C75H80ClN7O24. The molecular weight excluding hydrogens is 1420 g/mol. The Bertz CT molecular complexity index is 4850. The fraction of sp³-hybridized carbons (Fsp3) is 0.387. The van der Waals surface area contributed by atoms with E-state index in [9.17, 15) is 119 Å². The first kappa shape index (κ1) is 78.8. The molecule has 3 fully saturated rings. The summed E-state index contributed by atoms with van der Waals surface area (Å²) in [6.07, 6.45) is 3.79. The Hall–Kier alpha value is -10.8. The van der Waals surface area contributed by atoms with Gasteiger partial charge < -0.3 is 93.6 Å². The summed E-state index contributed by atoms with van der Waals surface area (Å²) in [5.74, 6) is -16.0. The lowest BCUT2D eigenvalue weighted by atomic mass is 9.57. The van der Waals surface area contributed by atoms with Crippen molar-refractivity contribution in [3.8, 4) is 29.1 Å². The predicted octanol–water partition coefficient (Wildman–Crippen LogP) is 0.298. The Morgan fingerprint density at radius 2 is 0.841 bits per heavy atom. The number of fused-ring (bicyclic) bond motifs is 9. The maximum atomic E-state index is 13.8. The molecule has 1 unspecified atom stereocenters. The van der Waals surface area contributed by atoms with Crippen LogP contribution >= 0.6 is 11.6 Å².